The number of nitrogens with zero attached hydrogens (tertiary/aromatic N) is 4. The molecule has 0 atom stereocenters. The third-order valence-corrected chi connectivity index (χ3v) is 5.26. The number of carbonyl (C=O) groups is 1. The predicted octanol–water partition coefficient (Wildman–Crippen LogP) is 3.06. The molecular formula is C20H23N5OS. The Bertz CT molecular complexity index is 877. The smallest absolute Gasteiger partial charge is 0.220 e. The van der Waals surface area contributed by atoms with E-state index in [0.29, 0.717) is 13.0 Å². The minimum absolute atomic E-state index is 0.0151. The SMILES string of the molecule is Cc1ccc(CCC(=O)NCc2nnc(SCc3ccccn3)n2C)cc1. The number of aryl methyl sites for hydroxylation is 2. The predicted molar refractivity (Wildman–Crippen MR) is 106 cm³/mol. The summed E-state index contributed by atoms with van der Waals surface area (Å²) in [5, 5.41) is 12.1. The third kappa shape index (κ3) is 5.65. The van der Waals surface area contributed by atoms with Crippen molar-refractivity contribution in [3.63, 3.8) is 0 Å². The first-order chi connectivity index (χ1) is 13.1. The summed E-state index contributed by atoms with van der Waals surface area (Å²) in [5.41, 5.74) is 3.39. The average molecular weight is 382 g/mol. The van der Waals surface area contributed by atoms with E-state index in [1.165, 1.54) is 11.1 Å². The van der Waals surface area contributed by atoms with Crippen LogP contribution in [0.15, 0.2) is 53.8 Å². The molecule has 3 rings (SSSR count). The van der Waals surface area contributed by atoms with Gasteiger partial charge in [-0.1, -0.05) is 47.7 Å². The second kappa shape index (κ2) is 9.32. The first-order valence-electron chi connectivity index (χ1n) is 8.85. The zero-order chi connectivity index (χ0) is 19.1. The van der Waals surface area contributed by atoms with Gasteiger partial charge in [0.25, 0.3) is 0 Å². The van der Waals surface area contributed by atoms with Crippen molar-refractivity contribution in [1.82, 2.24) is 25.1 Å². The van der Waals surface area contributed by atoms with Crippen molar-refractivity contribution >= 4 is 17.7 Å². The molecule has 0 aliphatic heterocycles. The number of carbonyl (C=O) groups excluding carboxylic acids is 1. The Balaban J connectivity index is 1.45. The highest BCUT2D eigenvalue weighted by Crippen LogP contribution is 2.19. The van der Waals surface area contributed by atoms with Crippen molar-refractivity contribution in [3.8, 4) is 0 Å². The minimum atomic E-state index is 0.0151. The highest BCUT2D eigenvalue weighted by atomic mass is 32.2. The van der Waals surface area contributed by atoms with Crippen molar-refractivity contribution in [3.05, 3.63) is 71.3 Å². The van der Waals surface area contributed by atoms with E-state index in [1.807, 2.05) is 29.8 Å². The lowest BCUT2D eigenvalue weighted by molar-refractivity contribution is -0.121. The van der Waals surface area contributed by atoms with Gasteiger partial charge in [0.15, 0.2) is 11.0 Å². The molecular weight excluding hydrogens is 358 g/mol. The van der Waals surface area contributed by atoms with Crippen LogP contribution in [0, 0.1) is 6.92 Å². The number of rotatable bonds is 8. The zero-order valence-corrected chi connectivity index (χ0v) is 16.4. The van der Waals surface area contributed by atoms with E-state index in [9.17, 15) is 4.79 Å². The monoisotopic (exact) mass is 381 g/mol. The molecule has 0 unspecified atom stereocenters. The molecule has 0 saturated heterocycles. The number of hydrogen-bond acceptors (Lipinski definition) is 5. The van der Waals surface area contributed by atoms with Crippen LogP contribution in [0.25, 0.3) is 0 Å². The summed E-state index contributed by atoms with van der Waals surface area (Å²) < 4.78 is 1.91. The van der Waals surface area contributed by atoms with Gasteiger partial charge in [-0.3, -0.25) is 9.78 Å². The standard InChI is InChI=1S/C20H23N5OS/c1-15-6-8-16(9-7-15)10-11-19(26)22-13-18-23-24-20(25(18)2)27-14-17-5-3-4-12-21-17/h3-9,12H,10-11,13-14H2,1-2H3,(H,22,26). The molecule has 0 fully saturated rings. The van der Waals surface area contributed by atoms with E-state index in [-0.39, 0.29) is 5.91 Å². The Morgan fingerprint density at radius 3 is 2.70 bits per heavy atom. The van der Waals surface area contributed by atoms with Gasteiger partial charge < -0.3 is 9.88 Å². The fourth-order valence-electron chi connectivity index (χ4n) is 2.53. The topological polar surface area (TPSA) is 72.7 Å². The molecule has 27 heavy (non-hydrogen) atoms. The quantitative estimate of drug-likeness (QED) is 0.607. The number of amides is 1. The van der Waals surface area contributed by atoms with E-state index in [2.05, 4.69) is 51.7 Å². The summed E-state index contributed by atoms with van der Waals surface area (Å²) in [7, 11) is 1.91. The molecule has 0 aliphatic rings. The van der Waals surface area contributed by atoms with Gasteiger partial charge in [0, 0.05) is 25.4 Å². The zero-order valence-electron chi connectivity index (χ0n) is 15.6. The summed E-state index contributed by atoms with van der Waals surface area (Å²) >= 11 is 1.58. The number of pyridine rings is 1. The van der Waals surface area contributed by atoms with Crippen LogP contribution in [-0.2, 0) is 30.6 Å². The summed E-state index contributed by atoms with van der Waals surface area (Å²) in [5.74, 6) is 1.49. The van der Waals surface area contributed by atoms with Crippen LogP contribution in [0.5, 0.6) is 0 Å². The highest BCUT2D eigenvalue weighted by Gasteiger charge is 2.11. The summed E-state index contributed by atoms with van der Waals surface area (Å²) in [4.78, 5) is 16.4. The van der Waals surface area contributed by atoms with Crippen LogP contribution in [0.4, 0.5) is 0 Å². The molecule has 0 bridgehead atoms. The van der Waals surface area contributed by atoms with Gasteiger partial charge in [-0.05, 0) is 31.0 Å². The first-order valence-corrected chi connectivity index (χ1v) is 9.83. The summed E-state index contributed by atoms with van der Waals surface area (Å²) in [6, 6.07) is 14.1. The van der Waals surface area contributed by atoms with Crippen molar-refractivity contribution in [2.24, 2.45) is 7.05 Å². The van der Waals surface area contributed by atoms with E-state index in [0.717, 1.165) is 28.8 Å². The largest absolute Gasteiger partial charge is 0.349 e. The van der Waals surface area contributed by atoms with Gasteiger partial charge in [0.1, 0.15) is 0 Å². The average Bonchev–Trinajstić information content (AvgIpc) is 3.05. The maximum absolute atomic E-state index is 12.1. The Labute approximate surface area is 163 Å². The lowest BCUT2D eigenvalue weighted by atomic mass is 10.1. The van der Waals surface area contributed by atoms with Crippen LogP contribution in [-0.4, -0.2) is 25.7 Å². The highest BCUT2D eigenvalue weighted by molar-refractivity contribution is 7.98. The van der Waals surface area contributed by atoms with Gasteiger partial charge in [-0.15, -0.1) is 10.2 Å². The van der Waals surface area contributed by atoms with E-state index in [4.69, 9.17) is 0 Å². The first kappa shape index (κ1) is 19.1. The molecule has 0 radical (unpaired) electrons. The summed E-state index contributed by atoms with van der Waals surface area (Å²) in [6.45, 7) is 2.43. The van der Waals surface area contributed by atoms with Crippen molar-refractivity contribution in [2.75, 3.05) is 0 Å². The Morgan fingerprint density at radius 2 is 1.96 bits per heavy atom. The summed E-state index contributed by atoms with van der Waals surface area (Å²) in [6.07, 6.45) is 2.97. The number of hydrogen-bond donors (Lipinski definition) is 1. The van der Waals surface area contributed by atoms with Gasteiger partial charge in [-0.2, -0.15) is 0 Å². The van der Waals surface area contributed by atoms with Crippen LogP contribution < -0.4 is 5.32 Å². The van der Waals surface area contributed by atoms with Gasteiger partial charge in [0.05, 0.1) is 12.2 Å². The maximum atomic E-state index is 12.1. The van der Waals surface area contributed by atoms with Crippen molar-refractivity contribution in [1.29, 1.82) is 0 Å². The van der Waals surface area contributed by atoms with Gasteiger partial charge in [0.2, 0.25) is 5.91 Å². The van der Waals surface area contributed by atoms with E-state index >= 15 is 0 Å². The van der Waals surface area contributed by atoms with Crippen LogP contribution >= 0.6 is 11.8 Å². The molecule has 0 aliphatic carbocycles. The fraction of sp³-hybridized carbons (Fsp3) is 0.300. The van der Waals surface area contributed by atoms with E-state index < -0.39 is 0 Å². The van der Waals surface area contributed by atoms with Crippen LogP contribution in [0.2, 0.25) is 0 Å². The second-order valence-corrected chi connectivity index (χ2v) is 7.27. The lowest BCUT2D eigenvalue weighted by Gasteiger charge is -2.06. The number of benzene rings is 1. The molecule has 0 saturated carbocycles. The number of thioether (sulfide) groups is 1. The minimum Gasteiger partial charge on any atom is -0.349 e. The van der Waals surface area contributed by atoms with Gasteiger partial charge >= 0.3 is 0 Å². The number of nitrogens with one attached hydrogen (secondary N) is 1. The van der Waals surface area contributed by atoms with Gasteiger partial charge in [-0.25, -0.2) is 0 Å². The molecule has 2 aromatic heterocycles. The second-order valence-electron chi connectivity index (χ2n) is 6.33. The molecule has 3 aromatic rings. The van der Waals surface area contributed by atoms with E-state index in [1.54, 1.807) is 18.0 Å². The molecule has 1 amide bonds. The van der Waals surface area contributed by atoms with Crippen LogP contribution in [0.1, 0.15) is 29.1 Å². The normalized spacial score (nSPS) is 10.7. The van der Waals surface area contributed by atoms with Crippen molar-refractivity contribution < 1.29 is 4.79 Å². The maximum Gasteiger partial charge on any atom is 0.220 e. The Hall–Kier alpha value is -2.67. The molecule has 140 valence electrons. The molecule has 0 spiro atoms. The molecule has 7 heteroatoms. The molecule has 2 heterocycles. The van der Waals surface area contributed by atoms with Crippen molar-refractivity contribution in [2.45, 2.75) is 37.2 Å². The fourth-order valence-corrected chi connectivity index (χ4v) is 3.37. The third-order valence-electron chi connectivity index (χ3n) is 4.21. The van der Waals surface area contributed by atoms with Crippen LogP contribution in [0.3, 0.4) is 0 Å². The molecule has 6 nitrogen and oxygen atoms in total. The lowest BCUT2D eigenvalue weighted by Crippen LogP contribution is -2.24. The molecule has 1 N–H and O–H groups in total. The Morgan fingerprint density at radius 1 is 1.15 bits per heavy atom. The molecule has 1 aromatic carbocycles. The number of aromatic nitrogens is 4. The Kier molecular flexibility index (Phi) is 6.59.